The van der Waals surface area contributed by atoms with Crippen molar-refractivity contribution in [1.82, 2.24) is 0 Å². The van der Waals surface area contributed by atoms with Crippen LogP contribution in [0.5, 0.6) is 0 Å². The average molecular weight is 290 g/mol. The summed E-state index contributed by atoms with van der Waals surface area (Å²) in [6.07, 6.45) is 0. The predicted octanol–water partition coefficient (Wildman–Crippen LogP) is 2.43. The second-order valence-electron chi connectivity index (χ2n) is 4.38. The zero-order valence-electron chi connectivity index (χ0n) is 8.54. The third-order valence-electron chi connectivity index (χ3n) is 2.30. The molecule has 1 N–H and O–H groups in total. The first-order valence-electron chi connectivity index (χ1n) is 4.61. The highest BCUT2D eigenvalue weighted by Crippen LogP contribution is 2.37. The van der Waals surface area contributed by atoms with Gasteiger partial charge in [0, 0.05) is 10.0 Å². The molecule has 1 aromatic carbocycles. The Hall–Kier alpha value is -0.550. The standard InChI is InChI=1S/C10H12BrNO2S/c1-10(2)6-15(13,14)9-7(11)4-3-5-8(9)12-10/h3-5,12H,6H2,1-2H3. The van der Waals surface area contributed by atoms with Crippen LogP contribution in [0.25, 0.3) is 0 Å². The van der Waals surface area contributed by atoms with E-state index < -0.39 is 15.4 Å². The Morgan fingerprint density at radius 2 is 2.07 bits per heavy atom. The number of fused-ring (bicyclic) bond motifs is 1. The molecule has 0 aromatic heterocycles. The maximum atomic E-state index is 12.0. The lowest BCUT2D eigenvalue weighted by molar-refractivity contribution is 0.555. The van der Waals surface area contributed by atoms with Crippen molar-refractivity contribution in [3.8, 4) is 0 Å². The minimum atomic E-state index is -3.19. The predicted molar refractivity (Wildman–Crippen MR) is 63.9 cm³/mol. The lowest BCUT2D eigenvalue weighted by Crippen LogP contribution is -2.43. The van der Waals surface area contributed by atoms with E-state index in [1.54, 1.807) is 12.1 Å². The van der Waals surface area contributed by atoms with Crippen LogP contribution in [0.15, 0.2) is 27.6 Å². The molecule has 0 saturated carbocycles. The van der Waals surface area contributed by atoms with Gasteiger partial charge in [0.2, 0.25) is 0 Å². The molecule has 0 aliphatic carbocycles. The van der Waals surface area contributed by atoms with Gasteiger partial charge in [-0.25, -0.2) is 8.42 Å². The van der Waals surface area contributed by atoms with Crippen molar-refractivity contribution in [2.75, 3.05) is 11.1 Å². The van der Waals surface area contributed by atoms with E-state index in [-0.39, 0.29) is 5.75 Å². The van der Waals surface area contributed by atoms with Crippen molar-refractivity contribution < 1.29 is 8.42 Å². The van der Waals surface area contributed by atoms with Gasteiger partial charge in [-0.3, -0.25) is 0 Å². The molecule has 0 amide bonds. The quantitative estimate of drug-likeness (QED) is 0.798. The van der Waals surface area contributed by atoms with Crippen molar-refractivity contribution in [1.29, 1.82) is 0 Å². The number of nitrogens with one attached hydrogen (secondary N) is 1. The largest absolute Gasteiger partial charge is 0.378 e. The van der Waals surface area contributed by atoms with E-state index in [0.717, 1.165) is 0 Å². The fraction of sp³-hybridized carbons (Fsp3) is 0.400. The van der Waals surface area contributed by atoms with Gasteiger partial charge < -0.3 is 5.32 Å². The Balaban J connectivity index is 2.72. The summed E-state index contributed by atoms with van der Waals surface area (Å²) in [5.41, 5.74) is 0.271. The van der Waals surface area contributed by atoms with E-state index >= 15 is 0 Å². The molecule has 1 aromatic rings. The summed E-state index contributed by atoms with van der Waals surface area (Å²) in [6.45, 7) is 3.77. The van der Waals surface area contributed by atoms with Crippen molar-refractivity contribution in [3.05, 3.63) is 22.7 Å². The van der Waals surface area contributed by atoms with Crippen LogP contribution in [0, 0.1) is 0 Å². The molecular weight excluding hydrogens is 278 g/mol. The van der Waals surface area contributed by atoms with Gasteiger partial charge in [-0.15, -0.1) is 0 Å². The Bertz CT molecular complexity index is 508. The minimum absolute atomic E-state index is 0.121. The second kappa shape index (κ2) is 3.22. The Morgan fingerprint density at radius 3 is 2.73 bits per heavy atom. The Kier molecular flexibility index (Phi) is 2.35. The highest BCUT2D eigenvalue weighted by molar-refractivity contribution is 9.10. The molecule has 0 atom stereocenters. The molecule has 2 rings (SSSR count). The number of anilines is 1. The molecule has 82 valence electrons. The van der Waals surface area contributed by atoms with Crippen LogP contribution in [0.1, 0.15) is 13.8 Å². The summed E-state index contributed by atoms with van der Waals surface area (Å²) in [6, 6.07) is 5.36. The number of sulfone groups is 1. The Labute approximate surface area is 97.9 Å². The van der Waals surface area contributed by atoms with Crippen molar-refractivity contribution in [3.63, 3.8) is 0 Å². The molecule has 0 spiro atoms. The molecule has 0 unspecified atom stereocenters. The lowest BCUT2D eigenvalue weighted by Gasteiger charge is -2.33. The van der Waals surface area contributed by atoms with Crippen LogP contribution >= 0.6 is 15.9 Å². The molecule has 3 nitrogen and oxygen atoms in total. The molecule has 1 aliphatic heterocycles. The van der Waals surface area contributed by atoms with Gasteiger partial charge in [-0.05, 0) is 41.9 Å². The SMILES string of the molecule is CC1(C)CS(=O)(=O)c2c(Br)cccc2N1. The first-order chi connectivity index (χ1) is 6.82. The van der Waals surface area contributed by atoms with E-state index in [9.17, 15) is 8.42 Å². The van der Waals surface area contributed by atoms with Crippen LogP contribution in [-0.4, -0.2) is 19.7 Å². The van der Waals surface area contributed by atoms with Crippen LogP contribution in [0.3, 0.4) is 0 Å². The number of hydrogen-bond donors (Lipinski definition) is 1. The maximum absolute atomic E-state index is 12.0. The molecule has 0 saturated heterocycles. The first-order valence-corrected chi connectivity index (χ1v) is 7.06. The number of halogens is 1. The maximum Gasteiger partial charge on any atom is 0.183 e. The molecule has 0 radical (unpaired) electrons. The molecule has 0 fully saturated rings. The van der Waals surface area contributed by atoms with Gasteiger partial charge in [0.05, 0.1) is 11.4 Å². The first kappa shape index (κ1) is 11.0. The topological polar surface area (TPSA) is 46.2 Å². The normalized spacial score (nSPS) is 21.5. The number of hydrogen-bond acceptors (Lipinski definition) is 3. The minimum Gasteiger partial charge on any atom is -0.378 e. The monoisotopic (exact) mass is 289 g/mol. The zero-order chi connectivity index (χ0) is 11.3. The number of benzene rings is 1. The summed E-state index contributed by atoms with van der Waals surface area (Å²) >= 11 is 3.28. The Morgan fingerprint density at radius 1 is 1.40 bits per heavy atom. The van der Waals surface area contributed by atoms with Crippen LogP contribution < -0.4 is 5.32 Å². The number of rotatable bonds is 0. The molecular formula is C10H12BrNO2S. The van der Waals surface area contributed by atoms with Gasteiger partial charge >= 0.3 is 0 Å². The third-order valence-corrected chi connectivity index (χ3v) is 5.39. The smallest absolute Gasteiger partial charge is 0.183 e. The average Bonchev–Trinajstić information content (AvgIpc) is 1.97. The lowest BCUT2D eigenvalue weighted by atomic mass is 10.1. The molecule has 0 bridgehead atoms. The van der Waals surface area contributed by atoms with Gasteiger partial charge in [0.25, 0.3) is 0 Å². The highest BCUT2D eigenvalue weighted by atomic mass is 79.9. The third kappa shape index (κ3) is 1.90. The van der Waals surface area contributed by atoms with Crippen molar-refractivity contribution >= 4 is 31.5 Å². The molecule has 15 heavy (non-hydrogen) atoms. The summed E-state index contributed by atoms with van der Waals surface area (Å²) in [7, 11) is -3.19. The van der Waals surface area contributed by atoms with Crippen LogP contribution in [0.4, 0.5) is 5.69 Å². The van der Waals surface area contributed by atoms with Gasteiger partial charge in [-0.1, -0.05) is 6.07 Å². The summed E-state index contributed by atoms with van der Waals surface area (Å²) in [5, 5.41) is 3.22. The molecule has 1 aliphatic rings. The fourth-order valence-corrected chi connectivity index (χ4v) is 4.96. The van der Waals surface area contributed by atoms with E-state index in [0.29, 0.717) is 15.1 Å². The van der Waals surface area contributed by atoms with Crippen LogP contribution in [-0.2, 0) is 9.84 Å². The van der Waals surface area contributed by atoms with E-state index in [4.69, 9.17) is 0 Å². The second-order valence-corrected chi connectivity index (χ2v) is 7.17. The van der Waals surface area contributed by atoms with Crippen molar-refractivity contribution in [2.45, 2.75) is 24.3 Å². The van der Waals surface area contributed by atoms with Crippen LogP contribution in [0.2, 0.25) is 0 Å². The van der Waals surface area contributed by atoms with E-state index in [2.05, 4.69) is 21.2 Å². The van der Waals surface area contributed by atoms with Gasteiger partial charge in [0.15, 0.2) is 9.84 Å². The summed E-state index contributed by atoms with van der Waals surface area (Å²) < 4.78 is 24.7. The highest BCUT2D eigenvalue weighted by Gasteiger charge is 2.36. The van der Waals surface area contributed by atoms with Gasteiger partial charge in [-0.2, -0.15) is 0 Å². The summed E-state index contributed by atoms with van der Waals surface area (Å²) in [5.74, 6) is 0.121. The van der Waals surface area contributed by atoms with E-state index in [1.165, 1.54) is 0 Å². The zero-order valence-corrected chi connectivity index (χ0v) is 10.9. The summed E-state index contributed by atoms with van der Waals surface area (Å²) in [4.78, 5) is 0.379. The molecule has 5 heteroatoms. The van der Waals surface area contributed by atoms with Gasteiger partial charge in [0.1, 0.15) is 4.90 Å². The molecule has 1 heterocycles. The fourth-order valence-electron chi connectivity index (χ4n) is 1.87. The van der Waals surface area contributed by atoms with Crippen molar-refractivity contribution in [2.24, 2.45) is 0 Å². The van der Waals surface area contributed by atoms with E-state index in [1.807, 2.05) is 19.9 Å².